The number of rotatable bonds is 3. The summed E-state index contributed by atoms with van der Waals surface area (Å²) in [5, 5.41) is 0. The van der Waals surface area contributed by atoms with Crippen LogP contribution in [0.25, 0.3) is 6.08 Å². The van der Waals surface area contributed by atoms with Crippen molar-refractivity contribution in [2.45, 2.75) is 26.0 Å². The van der Waals surface area contributed by atoms with Crippen molar-refractivity contribution in [1.29, 1.82) is 0 Å². The number of thioether (sulfide) groups is 1. The average Bonchev–Trinajstić information content (AvgIpc) is 2.96. The van der Waals surface area contributed by atoms with E-state index in [1.54, 1.807) is 4.90 Å². The number of thiocarbonyl (C=S) groups is 1. The number of para-hydroxylation sites is 1. The number of benzene rings is 2. The zero-order valence-corrected chi connectivity index (χ0v) is 16.7. The van der Waals surface area contributed by atoms with Crippen molar-refractivity contribution in [3.05, 3.63) is 82.3 Å². The summed E-state index contributed by atoms with van der Waals surface area (Å²) in [6.07, 6.45) is 3.88. The smallest absolute Gasteiger partial charge is 0.266 e. The number of fused-ring (bicyclic) bond motifs is 1. The second kappa shape index (κ2) is 7.33. The van der Waals surface area contributed by atoms with Crippen LogP contribution in [0, 0.1) is 0 Å². The predicted octanol–water partition coefficient (Wildman–Crippen LogP) is 5.36. The fourth-order valence-electron chi connectivity index (χ4n) is 3.27. The minimum Gasteiger partial charge on any atom is -0.485 e. The van der Waals surface area contributed by atoms with E-state index in [1.807, 2.05) is 74.5 Å². The Morgan fingerprint density at radius 2 is 1.85 bits per heavy atom. The molecule has 2 aliphatic heterocycles. The first-order valence-corrected chi connectivity index (χ1v) is 10.1. The SMILES string of the molecule is C[C@H](c1ccccc1)N1C(=O)/C(=C/C2=Cc3ccccc3O[C@@H]2C)SC1=S. The number of amides is 1. The summed E-state index contributed by atoms with van der Waals surface area (Å²) in [7, 11) is 0. The van der Waals surface area contributed by atoms with Crippen molar-refractivity contribution in [3.63, 3.8) is 0 Å². The molecule has 2 aromatic rings. The van der Waals surface area contributed by atoms with Gasteiger partial charge in [-0.2, -0.15) is 0 Å². The largest absolute Gasteiger partial charge is 0.485 e. The Kier molecular flexibility index (Phi) is 4.89. The highest BCUT2D eigenvalue weighted by Gasteiger charge is 2.36. The molecule has 0 unspecified atom stereocenters. The minimum absolute atomic E-state index is 0.0479. The Morgan fingerprint density at radius 1 is 1.15 bits per heavy atom. The third-order valence-corrected chi connectivity index (χ3v) is 6.14. The van der Waals surface area contributed by atoms with E-state index in [1.165, 1.54) is 11.8 Å². The summed E-state index contributed by atoms with van der Waals surface area (Å²) in [5.74, 6) is 0.820. The van der Waals surface area contributed by atoms with Gasteiger partial charge in [-0.1, -0.05) is 72.5 Å². The van der Waals surface area contributed by atoms with Gasteiger partial charge in [0.2, 0.25) is 0 Å². The van der Waals surface area contributed by atoms with Crippen molar-refractivity contribution >= 4 is 40.3 Å². The molecule has 2 heterocycles. The second-order valence-electron chi connectivity index (χ2n) is 6.58. The topological polar surface area (TPSA) is 29.5 Å². The third-order valence-electron chi connectivity index (χ3n) is 4.80. The van der Waals surface area contributed by atoms with Crippen LogP contribution >= 0.6 is 24.0 Å². The first-order chi connectivity index (χ1) is 13.0. The van der Waals surface area contributed by atoms with Crippen LogP contribution in [0.15, 0.2) is 71.2 Å². The standard InChI is InChI=1S/C22H19NO2S2/c1-14(16-8-4-3-5-9-16)23-21(24)20(27-22(23)26)13-18-12-17-10-6-7-11-19(17)25-15(18)2/h3-15H,1-2H3/b20-13-/t14-,15-/m1/s1. The van der Waals surface area contributed by atoms with Gasteiger partial charge >= 0.3 is 0 Å². The summed E-state index contributed by atoms with van der Waals surface area (Å²) < 4.78 is 6.57. The molecular formula is C22H19NO2S2. The Balaban J connectivity index is 1.63. The van der Waals surface area contributed by atoms with Crippen LogP contribution in [0.5, 0.6) is 5.75 Å². The average molecular weight is 394 g/mol. The van der Waals surface area contributed by atoms with Crippen LogP contribution in [0.3, 0.4) is 0 Å². The van der Waals surface area contributed by atoms with Crippen molar-refractivity contribution in [3.8, 4) is 5.75 Å². The molecule has 5 heteroatoms. The van der Waals surface area contributed by atoms with Gasteiger partial charge in [-0.25, -0.2) is 0 Å². The Hall–Kier alpha value is -2.37. The normalized spacial score (nSPS) is 21.7. The molecule has 1 fully saturated rings. The van der Waals surface area contributed by atoms with Gasteiger partial charge in [-0.3, -0.25) is 9.69 Å². The van der Waals surface area contributed by atoms with Crippen LogP contribution in [0.2, 0.25) is 0 Å². The van der Waals surface area contributed by atoms with Gasteiger partial charge in [0.25, 0.3) is 5.91 Å². The molecule has 1 amide bonds. The molecule has 136 valence electrons. The van der Waals surface area contributed by atoms with Crippen molar-refractivity contribution < 1.29 is 9.53 Å². The summed E-state index contributed by atoms with van der Waals surface area (Å²) in [5.41, 5.74) is 3.06. The number of hydrogen-bond donors (Lipinski definition) is 0. The highest BCUT2D eigenvalue weighted by Crippen LogP contribution is 2.39. The van der Waals surface area contributed by atoms with E-state index in [0.29, 0.717) is 9.23 Å². The first-order valence-electron chi connectivity index (χ1n) is 8.84. The molecule has 4 rings (SSSR count). The summed E-state index contributed by atoms with van der Waals surface area (Å²) >= 11 is 6.86. The molecule has 2 aromatic carbocycles. The maximum atomic E-state index is 13.0. The van der Waals surface area contributed by atoms with Gasteiger partial charge in [0.1, 0.15) is 16.2 Å². The molecule has 1 saturated heterocycles. The van der Waals surface area contributed by atoms with Gasteiger partial charge in [-0.05, 0) is 43.2 Å². The molecule has 0 aliphatic carbocycles. The molecule has 0 aromatic heterocycles. The second-order valence-corrected chi connectivity index (χ2v) is 8.26. The molecule has 2 aliphatic rings. The molecule has 0 bridgehead atoms. The van der Waals surface area contributed by atoms with E-state index in [-0.39, 0.29) is 18.1 Å². The lowest BCUT2D eigenvalue weighted by Crippen LogP contribution is -2.31. The molecule has 0 saturated carbocycles. The van der Waals surface area contributed by atoms with Crippen LogP contribution in [0.4, 0.5) is 0 Å². The molecule has 27 heavy (non-hydrogen) atoms. The molecule has 0 radical (unpaired) electrons. The Bertz CT molecular complexity index is 965. The van der Waals surface area contributed by atoms with Gasteiger partial charge in [-0.15, -0.1) is 0 Å². The maximum Gasteiger partial charge on any atom is 0.266 e. The van der Waals surface area contributed by atoms with Gasteiger partial charge in [0.15, 0.2) is 0 Å². The number of carbonyl (C=O) groups excluding carboxylic acids is 1. The maximum absolute atomic E-state index is 13.0. The monoisotopic (exact) mass is 393 g/mol. The van der Waals surface area contributed by atoms with E-state index in [4.69, 9.17) is 17.0 Å². The van der Waals surface area contributed by atoms with Crippen LogP contribution in [-0.2, 0) is 4.79 Å². The fraction of sp³-hybridized carbons (Fsp3) is 0.182. The third kappa shape index (κ3) is 3.45. The Morgan fingerprint density at radius 3 is 2.63 bits per heavy atom. The zero-order valence-electron chi connectivity index (χ0n) is 15.1. The highest BCUT2D eigenvalue weighted by molar-refractivity contribution is 8.26. The van der Waals surface area contributed by atoms with Crippen molar-refractivity contribution in [2.75, 3.05) is 0 Å². The van der Waals surface area contributed by atoms with E-state index in [9.17, 15) is 4.79 Å². The van der Waals surface area contributed by atoms with Crippen molar-refractivity contribution in [1.82, 2.24) is 4.90 Å². The summed E-state index contributed by atoms with van der Waals surface area (Å²) in [6, 6.07) is 17.8. The number of nitrogens with zero attached hydrogens (tertiary/aromatic N) is 1. The van der Waals surface area contributed by atoms with Crippen molar-refractivity contribution in [2.24, 2.45) is 0 Å². The summed E-state index contributed by atoms with van der Waals surface area (Å²) in [6.45, 7) is 4.00. The fourth-order valence-corrected chi connectivity index (χ4v) is 4.69. The van der Waals surface area contributed by atoms with E-state index < -0.39 is 0 Å². The van der Waals surface area contributed by atoms with E-state index in [0.717, 1.165) is 22.4 Å². The number of ether oxygens (including phenoxy) is 1. The Labute approximate surface area is 168 Å². The van der Waals surface area contributed by atoms with Crippen LogP contribution in [0.1, 0.15) is 31.0 Å². The van der Waals surface area contributed by atoms with Gasteiger partial charge in [0.05, 0.1) is 10.9 Å². The molecule has 0 spiro atoms. The van der Waals surface area contributed by atoms with E-state index >= 15 is 0 Å². The molecule has 3 nitrogen and oxygen atoms in total. The molecule has 0 N–H and O–H groups in total. The van der Waals surface area contributed by atoms with E-state index in [2.05, 4.69) is 6.08 Å². The lowest BCUT2D eigenvalue weighted by atomic mass is 10.0. The molecular weight excluding hydrogens is 374 g/mol. The first kappa shape index (κ1) is 18.0. The van der Waals surface area contributed by atoms with Gasteiger partial charge < -0.3 is 4.74 Å². The highest BCUT2D eigenvalue weighted by atomic mass is 32.2. The number of carbonyl (C=O) groups is 1. The molecule has 2 atom stereocenters. The van der Waals surface area contributed by atoms with Crippen LogP contribution < -0.4 is 4.74 Å². The van der Waals surface area contributed by atoms with Crippen LogP contribution in [-0.4, -0.2) is 21.2 Å². The lowest BCUT2D eigenvalue weighted by molar-refractivity contribution is -0.123. The number of hydrogen-bond acceptors (Lipinski definition) is 4. The minimum atomic E-state index is -0.116. The van der Waals surface area contributed by atoms with Gasteiger partial charge in [0, 0.05) is 5.56 Å². The summed E-state index contributed by atoms with van der Waals surface area (Å²) in [4.78, 5) is 15.4. The predicted molar refractivity (Wildman–Crippen MR) is 114 cm³/mol. The quantitative estimate of drug-likeness (QED) is 0.519. The lowest BCUT2D eigenvalue weighted by Gasteiger charge is -2.24. The zero-order chi connectivity index (χ0) is 19.0.